The lowest BCUT2D eigenvalue weighted by Gasteiger charge is -2.35. The summed E-state index contributed by atoms with van der Waals surface area (Å²) in [5.41, 5.74) is 3.65. The lowest BCUT2D eigenvalue weighted by molar-refractivity contribution is -0.199. The van der Waals surface area contributed by atoms with E-state index in [9.17, 15) is 5.11 Å². The van der Waals surface area contributed by atoms with E-state index in [-0.39, 0.29) is 12.1 Å². The van der Waals surface area contributed by atoms with Crippen LogP contribution in [0.25, 0.3) is 10.9 Å². The van der Waals surface area contributed by atoms with Gasteiger partial charge in [0.1, 0.15) is 6.04 Å². The summed E-state index contributed by atoms with van der Waals surface area (Å²) in [6, 6.07) is 8.33. The largest absolute Gasteiger partial charge is 0.391 e. The summed E-state index contributed by atoms with van der Waals surface area (Å²) in [4.78, 5) is 9.28. The van der Waals surface area contributed by atoms with Crippen LogP contribution in [-0.2, 0) is 11.3 Å². The number of aliphatic hydroxyl groups excluding tert-OH is 1. The molecular formula is C15H18N2O2. The molecule has 100 valence electrons. The van der Waals surface area contributed by atoms with Crippen molar-refractivity contribution < 1.29 is 9.94 Å². The first-order valence-corrected chi connectivity index (χ1v) is 7.02. The van der Waals surface area contributed by atoms with E-state index in [1.54, 1.807) is 0 Å². The van der Waals surface area contributed by atoms with Crippen molar-refractivity contribution in [2.75, 3.05) is 13.2 Å². The first-order valence-electron chi connectivity index (χ1n) is 7.02. The number of aliphatic hydroxyl groups is 1. The van der Waals surface area contributed by atoms with Gasteiger partial charge in [-0.1, -0.05) is 18.2 Å². The van der Waals surface area contributed by atoms with Crippen LogP contribution in [-0.4, -0.2) is 34.4 Å². The van der Waals surface area contributed by atoms with Crippen molar-refractivity contribution >= 4 is 10.9 Å². The molecule has 0 bridgehead atoms. The maximum atomic E-state index is 10.4. The van der Waals surface area contributed by atoms with Crippen LogP contribution in [0.4, 0.5) is 0 Å². The Bertz CT molecular complexity index is 607. The molecule has 19 heavy (non-hydrogen) atoms. The maximum absolute atomic E-state index is 10.4. The lowest BCUT2D eigenvalue weighted by Crippen LogP contribution is -2.39. The van der Waals surface area contributed by atoms with Gasteiger partial charge in [-0.05, 0) is 30.9 Å². The van der Waals surface area contributed by atoms with Crippen LogP contribution in [0, 0.1) is 0 Å². The van der Waals surface area contributed by atoms with Crippen molar-refractivity contribution in [3.63, 3.8) is 0 Å². The normalized spacial score (nSPS) is 27.8. The van der Waals surface area contributed by atoms with Gasteiger partial charge in [0, 0.05) is 23.1 Å². The van der Waals surface area contributed by atoms with Gasteiger partial charge in [0.15, 0.2) is 0 Å². The molecule has 2 aliphatic heterocycles. The molecule has 1 fully saturated rings. The van der Waals surface area contributed by atoms with Crippen molar-refractivity contribution in [3.8, 4) is 0 Å². The Kier molecular flexibility index (Phi) is 2.62. The number of aromatic nitrogens is 1. The van der Waals surface area contributed by atoms with E-state index in [1.165, 1.54) is 10.9 Å². The molecule has 0 unspecified atom stereocenters. The third-order valence-corrected chi connectivity index (χ3v) is 4.30. The van der Waals surface area contributed by atoms with Gasteiger partial charge < -0.3 is 10.1 Å². The molecule has 0 amide bonds. The second-order valence-electron chi connectivity index (χ2n) is 5.44. The van der Waals surface area contributed by atoms with Crippen molar-refractivity contribution in [1.82, 2.24) is 10.0 Å². The molecular weight excluding hydrogens is 240 g/mol. The molecule has 1 aromatic heterocycles. The van der Waals surface area contributed by atoms with Gasteiger partial charge in [0.25, 0.3) is 0 Å². The van der Waals surface area contributed by atoms with Crippen molar-refractivity contribution in [1.29, 1.82) is 0 Å². The summed E-state index contributed by atoms with van der Waals surface area (Å²) >= 11 is 0. The number of rotatable bonds is 0. The molecule has 4 heteroatoms. The Morgan fingerprint density at radius 2 is 2.21 bits per heavy atom. The summed E-state index contributed by atoms with van der Waals surface area (Å²) in [6.45, 7) is 1.57. The number of nitrogens with one attached hydrogen (secondary N) is 1. The fourth-order valence-electron chi connectivity index (χ4n) is 3.41. The van der Waals surface area contributed by atoms with Gasteiger partial charge in [-0.25, -0.2) is 0 Å². The van der Waals surface area contributed by atoms with Crippen LogP contribution in [0.15, 0.2) is 24.3 Å². The SMILES string of the molecule is O[C@H]1CCCON2CCc3c([nH]c4ccccc34)[C@H]12. The van der Waals surface area contributed by atoms with E-state index in [0.717, 1.165) is 37.0 Å². The summed E-state index contributed by atoms with van der Waals surface area (Å²) in [6.07, 6.45) is 2.34. The zero-order valence-electron chi connectivity index (χ0n) is 10.8. The fraction of sp³-hybridized carbons (Fsp3) is 0.467. The minimum Gasteiger partial charge on any atom is -0.391 e. The zero-order chi connectivity index (χ0) is 12.8. The lowest BCUT2D eigenvalue weighted by atomic mass is 9.94. The van der Waals surface area contributed by atoms with Gasteiger partial charge in [-0.2, -0.15) is 5.06 Å². The molecule has 2 N–H and O–H groups in total. The Morgan fingerprint density at radius 3 is 3.16 bits per heavy atom. The highest BCUT2D eigenvalue weighted by Gasteiger charge is 2.37. The van der Waals surface area contributed by atoms with Gasteiger partial charge in [-0.3, -0.25) is 4.84 Å². The molecule has 1 aromatic carbocycles. The minimum absolute atomic E-state index is 0.0429. The number of fused-ring (bicyclic) bond motifs is 5. The maximum Gasteiger partial charge on any atom is 0.101 e. The zero-order valence-corrected chi connectivity index (χ0v) is 10.8. The summed E-state index contributed by atoms with van der Waals surface area (Å²) in [7, 11) is 0. The van der Waals surface area contributed by atoms with Gasteiger partial charge in [0.2, 0.25) is 0 Å². The van der Waals surface area contributed by atoms with E-state index in [0.29, 0.717) is 6.61 Å². The van der Waals surface area contributed by atoms with Gasteiger partial charge in [0.05, 0.1) is 12.7 Å². The number of hydrogen-bond acceptors (Lipinski definition) is 3. The number of hydrogen-bond donors (Lipinski definition) is 2. The van der Waals surface area contributed by atoms with Crippen LogP contribution >= 0.6 is 0 Å². The number of para-hydroxylation sites is 1. The molecule has 2 aromatic rings. The molecule has 4 nitrogen and oxygen atoms in total. The molecule has 2 atom stereocenters. The first-order chi connectivity index (χ1) is 9.34. The summed E-state index contributed by atoms with van der Waals surface area (Å²) in [5, 5.41) is 13.7. The monoisotopic (exact) mass is 258 g/mol. The third kappa shape index (κ3) is 1.71. The molecule has 4 rings (SSSR count). The number of nitrogens with zero attached hydrogens (tertiary/aromatic N) is 1. The Labute approximate surface area is 111 Å². The predicted molar refractivity (Wildman–Crippen MR) is 72.6 cm³/mol. The smallest absolute Gasteiger partial charge is 0.101 e. The summed E-state index contributed by atoms with van der Waals surface area (Å²) < 4.78 is 0. The molecule has 0 spiro atoms. The molecule has 1 saturated heterocycles. The first kappa shape index (κ1) is 11.5. The quantitative estimate of drug-likeness (QED) is 0.761. The van der Waals surface area contributed by atoms with Crippen molar-refractivity contribution in [2.24, 2.45) is 0 Å². The average molecular weight is 258 g/mol. The summed E-state index contributed by atoms with van der Waals surface area (Å²) in [5.74, 6) is 0. The van der Waals surface area contributed by atoms with Crippen LogP contribution in [0.2, 0.25) is 0 Å². The second kappa shape index (κ2) is 4.34. The number of hydroxylamine groups is 2. The third-order valence-electron chi connectivity index (χ3n) is 4.30. The number of aromatic amines is 1. The highest BCUT2D eigenvalue weighted by Crippen LogP contribution is 2.38. The fourth-order valence-corrected chi connectivity index (χ4v) is 3.41. The average Bonchev–Trinajstić information content (AvgIpc) is 2.70. The van der Waals surface area contributed by atoms with Crippen LogP contribution < -0.4 is 0 Å². The topological polar surface area (TPSA) is 48.5 Å². The molecule has 0 radical (unpaired) electrons. The Morgan fingerprint density at radius 1 is 1.32 bits per heavy atom. The van der Waals surface area contributed by atoms with E-state index < -0.39 is 0 Å². The highest BCUT2D eigenvalue weighted by molar-refractivity contribution is 5.85. The van der Waals surface area contributed by atoms with Gasteiger partial charge >= 0.3 is 0 Å². The van der Waals surface area contributed by atoms with E-state index >= 15 is 0 Å². The predicted octanol–water partition coefficient (Wildman–Crippen LogP) is 2.15. The Balaban J connectivity index is 1.88. The number of H-pyrrole nitrogens is 1. The minimum atomic E-state index is -0.352. The molecule has 0 aliphatic carbocycles. The number of benzene rings is 1. The Hall–Kier alpha value is -1.36. The van der Waals surface area contributed by atoms with Crippen molar-refractivity contribution in [2.45, 2.75) is 31.4 Å². The highest BCUT2D eigenvalue weighted by atomic mass is 16.7. The van der Waals surface area contributed by atoms with E-state index in [4.69, 9.17) is 4.84 Å². The molecule has 0 saturated carbocycles. The van der Waals surface area contributed by atoms with E-state index in [1.807, 2.05) is 11.1 Å². The molecule has 2 aliphatic rings. The van der Waals surface area contributed by atoms with Crippen molar-refractivity contribution in [3.05, 3.63) is 35.5 Å². The standard InChI is InChI=1S/C15H18N2O2/c18-13-6-3-9-19-17-8-7-11-10-4-1-2-5-12(10)16-14(11)15(13)17/h1-2,4-5,13,15-16,18H,3,6-9H2/t13-,15-/m0/s1. The van der Waals surface area contributed by atoms with Crippen LogP contribution in [0.3, 0.4) is 0 Å². The van der Waals surface area contributed by atoms with Crippen LogP contribution in [0.5, 0.6) is 0 Å². The molecule has 3 heterocycles. The van der Waals surface area contributed by atoms with E-state index in [2.05, 4.69) is 23.2 Å². The second-order valence-corrected chi connectivity index (χ2v) is 5.44. The van der Waals surface area contributed by atoms with Gasteiger partial charge in [-0.15, -0.1) is 0 Å². The van der Waals surface area contributed by atoms with Crippen LogP contribution in [0.1, 0.15) is 30.1 Å².